The van der Waals surface area contributed by atoms with Gasteiger partial charge < -0.3 is 15.2 Å². The lowest BCUT2D eigenvalue weighted by molar-refractivity contribution is -0.137. The monoisotopic (exact) mass is 484 g/mol. The molecule has 31 heavy (non-hydrogen) atoms. The van der Waals surface area contributed by atoms with Crippen LogP contribution in [0, 0.1) is 5.95 Å². The molecule has 0 unspecified atom stereocenters. The van der Waals surface area contributed by atoms with E-state index >= 15 is 0 Å². The highest BCUT2D eigenvalue weighted by Gasteiger charge is 2.30. The minimum absolute atomic E-state index is 0.0368. The summed E-state index contributed by atoms with van der Waals surface area (Å²) in [4.78, 5) is 27.3. The Morgan fingerprint density at radius 2 is 1.74 bits per heavy atom. The summed E-state index contributed by atoms with van der Waals surface area (Å²) in [5, 5.41) is 11.7. The maximum Gasteiger partial charge on any atom is 0.407 e. The molecule has 0 fully saturated rings. The largest absolute Gasteiger partial charge is 0.481 e. The average Bonchev–Trinajstić information content (AvgIpc) is 3.07. The first-order chi connectivity index (χ1) is 14.9. The molecule has 0 spiro atoms. The van der Waals surface area contributed by atoms with Gasteiger partial charge in [0.2, 0.25) is 5.95 Å². The zero-order valence-corrected chi connectivity index (χ0v) is 17.8. The van der Waals surface area contributed by atoms with Gasteiger partial charge in [-0.05, 0) is 44.3 Å². The maximum atomic E-state index is 14.2. The van der Waals surface area contributed by atoms with Crippen LogP contribution in [0.2, 0.25) is 0 Å². The van der Waals surface area contributed by atoms with Crippen LogP contribution in [0.5, 0.6) is 0 Å². The summed E-state index contributed by atoms with van der Waals surface area (Å²) in [7, 11) is 0. The van der Waals surface area contributed by atoms with Gasteiger partial charge in [0.25, 0.3) is 0 Å². The van der Waals surface area contributed by atoms with Gasteiger partial charge in [0, 0.05) is 22.2 Å². The molecule has 2 N–H and O–H groups in total. The molecule has 0 saturated carbocycles. The predicted molar refractivity (Wildman–Crippen MR) is 115 cm³/mol. The highest BCUT2D eigenvalue weighted by Crippen LogP contribution is 2.44. The Morgan fingerprint density at radius 3 is 2.35 bits per heavy atom. The number of fused-ring (bicyclic) bond motifs is 3. The van der Waals surface area contributed by atoms with Gasteiger partial charge in [0.05, 0.1) is 12.5 Å². The molecular formula is C23H18BrFN2O4. The van der Waals surface area contributed by atoms with Gasteiger partial charge in [-0.3, -0.25) is 4.79 Å². The van der Waals surface area contributed by atoms with Gasteiger partial charge in [0.1, 0.15) is 6.61 Å². The van der Waals surface area contributed by atoms with Crippen LogP contribution in [0.3, 0.4) is 0 Å². The number of nitrogens with one attached hydrogen (secondary N) is 1. The lowest BCUT2D eigenvalue weighted by Gasteiger charge is -2.19. The number of carbonyl (C=O) groups is 2. The van der Waals surface area contributed by atoms with E-state index in [0.717, 1.165) is 22.3 Å². The number of pyridine rings is 1. The van der Waals surface area contributed by atoms with Crippen LogP contribution >= 0.6 is 15.9 Å². The fourth-order valence-electron chi connectivity index (χ4n) is 3.88. The third kappa shape index (κ3) is 4.44. The van der Waals surface area contributed by atoms with Crippen LogP contribution in [0.15, 0.2) is 65.3 Å². The molecule has 2 aromatic carbocycles. The van der Waals surface area contributed by atoms with E-state index in [-0.39, 0.29) is 18.1 Å². The van der Waals surface area contributed by atoms with Crippen molar-refractivity contribution in [1.82, 2.24) is 10.3 Å². The van der Waals surface area contributed by atoms with Crippen LogP contribution in [0.4, 0.5) is 9.18 Å². The van der Waals surface area contributed by atoms with Gasteiger partial charge in [-0.2, -0.15) is 4.39 Å². The van der Waals surface area contributed by atoms with Gasteiger partial charge in [-0.1, -0.05) is 48.5 Å². The van der Waals surface area contributed by atoms with Crippen LogP contribution in [-0.4, -0.2) is 28.8 Å². The standard InChI is InChI=1S/C23H18BrFN2O4/c24-13-9-18(22(25)26-11-13)20(10-21(28)29)27-23(30)31-12-19-16-7-3-1-5-14(16)15-6-2-4-8-17(15)19/h1-9,11,19-20H,10,12H2,(H,27,30)(H,28,29)/t20-/m1/s1. The van der Waals surface area contributed by atoms with Crippen molar-refractivity contribution in [2.24, 2.45) is 0 Å². The number of amides is 1. The fourth-order valence-corrected chi connectivity index (χ4v) is 4.23. The molecule has 4 rings (SSSR count). The molecule has 1 atom stereocenters. The number of nitrogens with zero attached hydrogens (tertiary/aromatic N) is 1. The first kappa shape index (κ1) is 21.0. The van der Waals surface area contributed by atoms with Crippen molar-refractivity contribution in [3.63, 3.8) is 0 Å². The zero-order chi connectivity index (χ0) is 22.0. The van der Waals surface area contributed by atoms with Crippen molar-refractivity contribution in [3.05, 3.63) is 87.9 Å². The second-order valence-corrected chi connectivity index (χ2v) is 8.07. The summed E-state index contributed by atoms with van der Waals surface area (Å²) >= 11 is 3.18. The Bertz CT molecular complexity index is 1110. The number of ether oxygens (including phenoxy) is 1. The first-order valence-electron chi connectivity index (χ1n) is 9.58. The Hall–Kier alpha value is -3.26. The molecule has 1 aliphatic rings. The highest BCUT2D eigenvalue weighted by molar-refractivity contribution is 9.10. The maximum absolute atomic E-state index is 14.2. The Morgan fingerprint density at radius 1 is 1.13 bits per heavy atom. The number of halogens is 2. The molecule has 8 heteroatoms. The second-order valence-electron chi connectivity index (χ2n) is 7.15. The topological polar surface area (TPSA) is 88.5 Å². The Labute approximate surface area is 186 Å². The molecule has 1 aliphatic carbocycles. The average molecular weight is 485 g/mol. The highest BCUT2D eigenvalue weighted by atomic mass is 79.9. The van der Waals surface area contributed by atoms with Crippen molar-refractivity contribution in [2.45, 2.75) is 18.4 Å². The number of aromatic nitrogens is 1. The summed E-state index contributed by atoms with van der Waals surface area (Å²) in [5.74, 6) is -2.18. The summed E-state index contributed by atoms with van der Waals surface area (Å²) in [6.45, 7) is 0.0683. The van der Waals surface area contributed by atoms with E-state index in [9.17, 15) is 19.1 Å². The van der Waals surface area contributed by atoms with Crippen LogP contribution in [0.1, 0.15) is 35.1 Å². The molecule has 158 valence electrons. The van der Waals surface area contributed by atoms with E-state index in [0.29, 0.717) is 4.47 Å². The quantitative estimate of drug-likeness (QED) is 0.478. The van der Waals surface area contributed by atoms with Crippen molar-refractivity contribution in [2.75, 3.05) is 6.61 Å². The summed E-state index contributed by atoms with van der Waals surface area (Å²) in [6.07, 6.45) is -0.0871. The van der Waals surface area contributed by atoms with Gasteiger partial charge in [-0.25, -0.2) is 9.78 Å². The molecule has 0 aliphatic heterocycles. The Balaban J connectivity index is 1.50. The minimum Gasteiger partial charge on any atom is -0.481 e. The molecule has 3 aromatic rings. The number of hydrogen-bond acceptors (Lipinski definition) is 4. The number of carboxylic acids is 1. The summed E-state index contributed by atoms with van der Waals surface area (Å²) in [5.41, 5.74) is 4.27. The normalized spacial score (nSPS) is 13.2. The first-order valence-corrected chi connectivity index (χ1v) is 10.4. The summed E-state index contributed by atoms with van der Waals surface area (Å²) in [6, 6.07) is 16.1. The van der Waals surface area contributed by atoms with E-state index in [2.05, 4.69) is 26.2 Å². The van der Waals surface area contributed by atoms with Crippen molar-refractivity contribution < 1.29 is 23.8 Å². The number of rotatable bonds is 6. The smallest absolute Gasteiger partial charge is 0.407 e. The number of carbonyl (C=O) groups excluding carboxylic acids is 1. The molecule has 0 saturated heterocycles. The third-order valence-electron chi connectivity index (χ3n) is 5.22. The van der Waals surface area contributed by atoms with E-state index in [1.54, 1.807) is 0 Å². The molecule has 0 bridgehead atoms. The number of alkyl carbamates (subject to hydrolysis) is 1. The Kier molecular flexibility index (Phi) is 5.99. The molecule has 1 aromatic heterocycles. The van der Waals surface area contributed by atoms with Crippen molar-refractivity contribution in [3.8, 4) is 11.1 Å². The molecular weight excluding hydrogens is 467 g/mol. The van der Waals surface area contributed by atoms with Gasteiger partial charge in [-0.15, -0.1) is 0 Å². The van der Waals surface area contributed by atoms with E-state index in [4.69, 9.17) is 4.74 Å². The van der Waals surface area contributed by atoms with Crippen molar-refractivity contribution >= 4 is 28.0 Å². The number of aliphatic carboxylic acids is 1. The van der Waals surface area contributed by atoms with Crippen LogP contribution in [0.25, 0.3) is 11.1 Å². The lowest BCUT2D eigenvalue weighted by Crippen LogP contribution is -2.32. The number of hydrogen-bond donors (Lipinski definition) is 2. The number of carboxylic acid groups (broad SMARTS) is 1. The lowest BCUT2D eigenvalue weighted by atomic mass is 9.98. The van der Waals surface area contributed by atoms with Gasteiger partial charge >= 0.3 is 12.1 Å². The third-order valence-corrected chi connectivity index (χ3v) is 5.66. The fraction of sp³-hybridized carbons (Fsp3) is 0.174. The van der Waals surface area contributed by atoms with Crippen molar-refractivity contribution in [1.29, 1.82) is 0 Å². The van der Waals surface area contributed by atoms with Crippen LogP contribution < -0.4 is 5.32 Å². The molecule has 1 heterocycles. The molecule has 1 amide bonds. The van der Waals surface area contributed by atoms with E-state index in [1.165, 1.54) is 12.3 Å². The predicted octanol–water partition coefficient (Wildman–Crippen LogP) is 5.04. The van der Waals surface area contributed by atoms with E-state index < -0.39 is 30.5 Å². The second kappa shape index (κ2) is 8.85. The zero-order valence-electron chi connectivity index (χ0n) is 16.2. The number of benzene rings is 2. The SMILES string of the molecule is O=C(O)C[C@@H](NC(=O)OCC1c2ccccc2-c2ccccc21)c1cc(Br)cnc1F. The van der Waals surface area contributed by atoms with Crippen LogP contribution in [-0.2, 0) is 9.53 Å². The van der Waals surface area contributed by atoms with E-state index in [1.807, 2.05) is 48.5 Å². The molecule has 6 nitrogen and oxygen atoms in total. The minimum atomic E-state index is -1.19. The van der Waals surface area contributed by atoms with Gasteiger partial charge in [0.15, 0.2) is 0 Å². The molecule has 0 radical (unpaired) electrons. The summed E-state index contributed by atoms with van der Waals surface area (Å²) < 4.78 is 20.1.